The van der Waals surface area contributed by atoms with Gasteiger partial charge >= 0.3 is 0 Å². The van der Waals surface area contributed by atoms with Crippen LogP contribution >= 0.6 is 0 Å². The summed E-state index contributed by atoms with van der Waals surface area (Å²) in [7, 11) is 0. The molecule has 88 valence electrons. The molecule has 1 aromatic heterocycles. The molecule has 3 nitrogen and oxygen atoms in total. The Bertz CT molecular complexity index is 554. The highest BCUT2D eigenvalue weighted by Crippen LogP contribution is 2.23. The summed E-state index contributed by atoms with van der Waals surface area (Å²) in [6.45, 7) is 0. The summed E-state index contributed by atoms with van der Waals surface area (Å²) in [6, 6.07) is 20.9. The Balaban J connectivity index is 0.000000722. The molecule has 0 spiro atoms. The van der Waals surface area contributed by atoms with Crippen molar-refractivity contribution in [2.24, 2.45) is 0 Å². The second-order valence-electron chi connectivity index (χ2n) is 3.64. The monoisotopic (exact) mass is 229 g/mol. The minimum absolute atomic E-state index is 0. The molecule has 0 unspecified atom stereocenters. The molecule has 0 bridgehead atoms. The van der Waals surface area contributed by atoms with Gasteiger partial charge in [-0.25, -0.2) is 0 Å². The van der Waals surface area contributed by atoms with E-state index in [1.165, 1.54) is 22.2 Å². The molecular formula is C14H15NO2. The molecule has 1 heterocycles. The van der Waals surface area contributed by atoms with Crippen molar-refractivity contribution in [3.8, 4) is 11.3 Å². The van der Waals surface area contributed by atoms with Crippen LogP contribution < -0.4 is 0 Å². The summed E-state index contributed by atoms with van der Waals surface area (Å²) < 4.78 is 0. The fourth-order valence-electron chi connectivity index (χ4n) is 1.85. The maximum atomic E-state index is 3.41. The van der Waals surface area contributed by atoms with Crippen LogP contribution in [0.2, 0.25) is 0 Å². The number of aromatic amines is 1. The van der Waals surface area contributed by atoms with Gasteiger partial charge < -0.3 is 15.9 Å². The van der Waals surface area contributed by atoms with Gasteiger partial charge in [-0.2, -0.15) is 0 Å². The Morgan fingerprint density at radius 3 is 2.06 bits per heavy atom. The topological polar surface area (TPSA) is 78.8 Å². The zero-order valence-electron chi connectivity index (χ0n) is 9.27. The van der Waals surface area contributed by atoms with Crippen molar-refractivity contribution in [3.63, 3.8) is 0 Å². The lowest BCUT2D eigenvalue weighted by Crippen LogP contribution is -1.74. The molecule has 0 fully saturated rings. The van der Waals surface area contributed by atoms with Crippen molar-refractivity contribution in [2.45, 2.75) is 0 Å². The molecule has 0 saturated carbocycles. The van der Waals surface area contributed by atoms with E-state index in [2.05, 4.69) is 53.5 Å². The molecule has 0 aliphatic rings. The molecule has 3 heteroatoms. The number of para-hydroxylation sites is 1. The summed E-state index contributed by atoms with van der Waals surface area (Å²) in [5, 5.41) is 1.26. The largest absolute Gasteiger partial charge is 0.412 e. The van der Waals surface area contributed by atoms with Crippen LogP contribution in [0.4, 0.5) is 0 Å². The lowest BCUT2D eigenvalue weighted by atomic mass is 10.1. The second kappa shape index (κ2) is 5.30. The van der Waals surface area contributed by atoms with Crippen LogP contribution in [-0.2, 0) is 0 Å². The van der Waals surface area contributed by atoms with Crippen LogP contribution in [0.15, 0.2) is 60.7 Å². The quantitative estimate of drug-likeness (QED) is 0.663. The van der Waals surface area contributed by atoms with Crippen LogP contribution in [0.3, 0.4) is 0 Å². The van der Waals surface area contributed by atoms with Crippen molar-refractivity contribution in [3.05, 3.63) is 60.7 Å². The number of H-pyrrole nitrogens is 1. The molecule has 3 aromatic rings. The number of nitrogens with one attached hydrogen (secondary N) is 1. The van der Waals surface area contributed by atoms with Crippen LogP contribution in [0, 0.1) is 0 Å². The molecule has 0 radical (unpaired) electrons. The zero-order chi connectivity index (χ0) is 10.1. The van der Waals surface area contributed by atoms with Gasteiger partial charge in [0.15, 0.2) is 0 Å². The predicted molar refractivity (Wildman–Crippen MR) is 71.0 cm³/mol. The average molecular weight is 229 g/mol. The van der Waals surface area contributed by atoms with E-state index in [9.17, 15) is 0 Å². The first-order valence-electron chi connectivity index (χ1n) is 5.07. The SMILES string of the molecule is O.O.c1ccc(-c2cc3ccccc3[nH]2)cc1. The highest BCUT2D eigenvalue weighted by atomic mass is 16.0. The Kier molecular flexibility index (Phi) is 4.04. The molecule has 0 aliphatic carbocycles. The highest BCUT2D eigenvalue weighted by Gasteiger charge is 2.00. The van der Waals surface area contributed by atoms with E-state index >= 15 is 0 Å². The van der Waals surface area contributed by atoms with E-state index in [1.807, 2.05) is 12.1 Å². The Morgan fingerprint density at radius 1 is 0.706 bits per heavy atom. The third-order valence-electron chi connectivity index (χ3n) is 2.61. The van der Waals surface area contributed by atoms with Gasteiger partial charge in [-0.15, -0.1) is 0 Å². The van der Waals surface area contributed by atoms with Crippen LogP contribution in [0.5, 0.6) is 0 Å². The minimum Gasteiger partial charge on any atom is -0.412 e. The number of fused-ring (bicyclic) bond motifs is 1. The van der Waals surface area contributed by atoms with Gasteiger partial charge in [-0.1, -0.05) is 48.5 Å². The van der Waals surface area contributed by atoms with E-state index in [1.54, 1.807) is 0 Å². The fraction of sp³-hybridized carbons (Fsp3) is 0. The number of benzene rings is 2. The summed E-state index contributed by atoms with van der Waals surface area (Å²) in [5.74, 6) is 0. The third kappa shape index (κ3) is 2.36. The van der Waals surface area contributed by atoms with E-state index in [-0.39, 0.29) is 11.0 Å². The van der Waals surface area contributed by atoms with Crippen LogP contribution in [-0.4, -0.2) is 15.9 Å². The second-order valence-corrected chi connectivity index (χ2v) is 3.64. The fourth-order valence-corrected chi connectivity index (χ4v) is 1.85. The maximum absolute atomic E-state index is 3.41. The smallest absolute Gasteiger partial charge is 0.0464 e. The Morgan fingerprint density at radius 2 is 1.35 bits per heavy atom. The summed E-state index contributed by atoms with van der Waals surface area (Å²) in [4.78, 5) is 3.41. The van der Waals surface area contributed by atoms with Crippen LogP contribution in [0.25, 0.3) is 22.2 Å². The normalized spacial score (nSPS) is 9.41. The molecule has 17 heavy (non-hydrogen) atoms. The lowest BCUT2D eigenvalue weighted by Gasteiger charge is -1.94. The summed E-state index contributed by atoms with van der Waals surface area (Å²) >= 11 is 0. The highest BCUT2D eigenvalue weighted by molar-refractivity contribution is 5.85. The van der Waals surface area contributed by atoms with Gasteiger partial charge in [0.25, 0.3) is 0 Å². The average Bonchev–Trinajstić information content (AvgIpc) is 2.74. The van der Waals surface area contributed by atoms with Crippen molar-refractivity contribution in [1.82, 2.24) is 4.98 Å². The molecule has 0 saturated heterocycles. The van der Waals surface area contributed by atoms with Crippen molar-refractivity contribution in [2.75, 3.05) is 0 Å². The number of rotatable bonds is 1. The summed E-state index contributed by atoms with van der Waals surface area (Å²) in [6.07, 6.45) is 0. The molecule has 3 rings (SSSR count). The van der Waals surface area contributed by atoms with Gasteiger partial charge in [-0.3, -0.25) is 0 Å². The van der Waals surface area contributed by atoms with Crippen molar-refractivity contribution >= 4 is 10.9 Å². The molecule has 5 N–H and O–H groups in total. The van der Waals surface area contributed by atoms with Crippen molar-refractivity contribution in [1.29, 1.82) is 0 Å². The number of aromatic nitrogens is 1. The first-order chi connectivity index (χ1) is 7.43. The molecular weight excluding hydrogens is 214 g/mol. The zero-order valence-corrected chi connectivity index (χ0v) is 9.27. The number of hydrogen-bond donors (Lipinski definition) is 1. The maximum Gasteiger partial charge on any atom is 0.0464 e. The van der Waals surface area contributed by atoms with Gasteiger partial charge in [0, 0.05) is 16.6 Å². The Hall–Kier alpha value is -2.10. The van der Waals surface area contributed by atoms with Gasteiger partial charge in [0.05, 0.1) is 0 Å². The van der Waals surface area contributed by atoms with Gasteiger partial charge in [0.2, 0.25) is 0 Å². The standard InChI is InChI=1S/C14H11N.2H2O/c1-2-6-11(7-3-1)14-10-12-8-4-5-9-13(12)15-14;;/h1-10,15H;2*1H2. The molecule has 0 aliphatic heterocycles. The number of hydrogen-bond acceptors (Lipinski definition) is 0. The Labute approximate surface area is 99.3 Å². The predicted octanol–water partition coefficient (Wildman–Crippen LogP) is 2.19. The van der Waals surface area contributed by atoms with E-state index in [4.69, 9.17) is 0 Å². The van der Waals surface area contributed by atoms with Gasteiger partial charge in [0.1, 0.15) is 0 Å². The molecule has 0 atom stereocenters. The third-order valence-corrected chi connectivity index (χ3v) is 2.61. The first-order valence-corrected chi connectivity index (χ1v) is 5.07. The summed E-state index contributed by atoms with van der Waals surface area (Å²) in [5.41, 5.74) is 3.60. The van der Waals surface area contributed by atoms with E-state index < -0.39 is 0 Å². The van der Waals surface area contributed by atoms with Gasteiger partial charge in [-0.05, 0) is 17.7 Å². The van der Waals surface area contributed by atoms with Crippen molar-refractivity contribution < 1.29 is 11.0 Å². The van der Waals surface area contributed by atoms with E-state index in [0.717, 1.165) is 0 Å². The first kappa shape index (κ1) is 13.0. The molecule has 2 aromatic carbocycles. The lowest BCUT2D eigenvalue weighted by molar-refractivity contribution is 0.823. The molecule has 0 amide bonds. The van der Waals surface area contributed by atoms with E-state index in [0.29, 0.717) is 0 Å². The van der Waals surface area contributed by atoms with Crippen LogP contribution in [0.1, 0.15) is 0 Å². The minimum atomic E-state index is 0.